The highest BCUT2D eigenvalue weighted by Gasteiger charge is 2.46. The van der Waals surface area contributed by atoms with E-state index in [1.165, 1.54) is 0 Å². The van der Waals surface area contributed by atoms with Crippen LogP contribution in [0.4, 0.5) is 0 Å². The minimum atomic E-state index is -0.277. The number of rotatable bonds is 11. The van der Waals surface area contributed by atoms with Crippen LogP contribution >= 0.6 is 22.6 Å². The average molecular weight is 588 g/mol. The number of benzene rings is 3. The SMILES string of the molecule is COc1ccc(CO[C@H]2[C@H](OCc3ccccc3)[C@@H](OCc3ccccc3)[C@H](C)O[C@@H]2CI)cc1. The van der Waals surface area contributed by atoms with Gasteiger partial charge in [0.1, 0.15) is 24.1 Å². The first-order valence-corrected chi connectivity index (χ1v) is 13.5. The van der Waals surface area contributed by atoms with Gasteiger partial charge in [-0.25, -0.2) is 0 Å². The third-order valence-corrected chi connectivity index (χ3v) is 7.06. The second-order valence-corrected chi connectivity index (χ2v) is 9.56. The van der Waals surface area contributed by atoms with E-state index in [2.05, 4.69) is 53.8 Å². The molecule has 1 fully saturated rings. The van der Waals surface area contributed by atoms with Crippen molar-refractivity contribution >= 4 is 22.6 Å². The second-order valence-electron chi connectivity index (χ2n) is 8.68. The predicted octanol–water partition coefficient (Wildman–Crippen LogP) is 5.97. The lowest BCUT2D eigenvalue weighted by atomic mass is 9.95. The molecule has 0 radical (unpaired) electrons. The van der Waals surface area contributed by atoms with E-state index in [1.54, 1.807) is 7.11 Å². The van der Waals surface area contributed by atoms with Crippen LogP contribution in [0, 0.1) is 0 Å². The van der Waals surface area contributed by atoms with Crippen LogP contribution in [0.15, 0.2) is 84.9 Å². The van der Waals surface area contributed by atoms with Crippen LogP contribution in [-0.4, -0.2) is 42.1 Å². The summed E-state index contributed by atoms with van der Waals surface area (Å²) >= 11 is 2.37. The van der Waals surface area contributed by atoms with E-state index < -0.39 is 0 Å². The summed E-state index contributed by atoms with van der Waals surface area (Å²) in [6, 6.07) is 28.4. The van der Waals surface area contributed by atoms with Crippen LogP contribution in [0.2, 0.25) is 0 Å². The highest BCUT2D eigenvalue weighted by atomic mass is 127. The van der Waals surface area contributed by atoms with Crippen LogP contribution in [-0.2, 0) is 38.8 Å². The number of halogens is 1. The summed E-state index contributed by atoms with van der Waals surface area (Å²) in [5, 5.41) is 0. The largest absolute Gasteiger partial charge is 0.497 e. The molecule has 35 heavy (non-hydrogen) atoms. The van der Waals surface area contributed by atoms with Crippen molar-refractivity contribution in [2.75, 3.05) is 11.5 Å². The third kappa shape index (κ3) is 7.27. The minimum absolute atomic E-state index is 0.0961. The lowest BCUT2D eigenvalue weighted by Gasteiger charge is -2.45. The Balaban J connectivity index is 1.52. The Hall–Kier alpha value is -1.97. The summed E-state index contributed by atoms with van der Waals surface area (Å²) in [7, 11) is 1.67. The molecule has 1 saturated heterocycles. The molecule has 0 N–H and O–H groups in total. The lowest BCUT2D eigenvalue weighted by Crippen LogP contribution is -2.59. The molecular formula is C29H33IO5. The fourth-order valence-corrected chi connectivity index (χ4v) is 5.00. The van der Waals surface area contributed by atoms with Gasteiger partial charge in [-0.05, 0) is 35.7 Å². The molecule has 1 heterocycles. The highest BCUT2D eigenvalue weighted by Crippen LogP contribution is 2.31. The molecule has 186 valence electrons. The first kappa shape index (κ1) is 26.1. The number of hydrogen-bond acceptors (Lipinski definition) is 5. The first-order valence-electron chi connectivity index (χ1n) is 11.9. The number of methoxy groups -OCH3 is 1. The molecule has 4 rings (SSSR count). The normalized spacial score (nSPS) is 24.3. The zero-order chi connectivity index (χ0) is 24.5. The van der Waals surface area contributed by atoms with Crippen molar-refractivity contribution in [3.63, 3.8) is 0 Å². The molecule has 0 aromatic heterocycles. The van der Waals surface area contributed by atoms with E-state index in [1.807, 2.05) is 60.7 Å². The summed E-state index contributed by atoms with van der Waals surface area (Å²) in [6.45, 7) is 3.49. The Morgan fingerprint density at radius 2 is 1.14 bits per heavy atom. The monoisotopic (exact) mass is 588 g/mol. The van der Waals surface area contributed by atoms with Gasteiger partial charge in [0.15, 0.2) is 0 Å². The molecule has 3 aromatic carbocycles. The van der Waals surface area contributed by atoms with E-state index in [4.69, 9.17) is 23.7 Å². The van der Waals surface area contributed by atoms with Crippen molar-refractivity contribution in [3.8, 4) is 5.75 Å². The molecule has 0 saturated carbocycles. The maximum atomic E-state index is 6.56. The van der Waals surface area contributed by atoms with Gasteiger partial charge < -0.3 is 23.7 Å². The van der Waals surface area contributed by atoms with Crippen molar-refractivity contribution in [2.24, 2.45) is 0 Å². The molecule has 0 bridgehead atoms. The molecule has 6 heteroatoms. The number of hydrogen-bond donors (Lipinski definition) is 0. The van der Waals surface area contributed by atoms with Crippen molar-refractivity contribution in [2.45, 2.75) is 57.3 Å². The predicted molar refractivity (Wildman–Crippen MR) is 145 cm³/mol. The molecule has 0 amide bonds. The van der Waals surface area contributed by atoms with Crippen LogP contribution in [0.25, 0.3) is 0 Å². The number of ether oxygens (including phenoxy) is 5. The average Bonchev–Trinajstić information content (AvgIpc) is 2.91. The summed E-state index contributed by atoms with van der Waals surface area (Å²) < 4.78 is 32.0. The summed E-state index contributed by atoms with van der Waals surface area (Å²) in [6.07, 6.45) is -1.03. The van der Waals surface area contributed by atoms with Crippen LogP contribution in [0.3, 0.4) is 0 Å². The van der Waals surface area contributed by atoms with Crippen molar-refractivity contribution in [3.05, 3.63) is 102 Å². The number of alkyl halides is 1. The third-order valence-electron chi connectivity index (χ3n) is 6.19. The Labute approximate surface area is 221 Å². The molecule has 0 unspecified atom stereocenters. The molecule has 5 atom stereocenters. The molecule has 0 aliphatic carbocycles. The van der Waals surface area contributed by atoms with Gasteiger partial charge in [0.2, 0.25) is 0 Å². The van der Waals surface area contributed by atoms with Gasteiger partial charge in [-0.1, -0.05) is 95.4 Å². The van der Waals surface area contributed by atoms with Crippen molar-refractivity contribution in [1.82, 2.24) is 0 Å². The van der Waals surface area contributed by atoms with E-state index in [0.717, 1.165) is 26.9 Å². The standard InChI is InChI=1S/C29H33IO5/c1-21-27(32-18-22-9-5-3-6-10-22)29(34-19-23-11-7-4-8-12-23)28(26(17-30)35-21)33-20-24-13-15-25(31-2)16-14-24/h3-16,21,26-29H,17-20H2,1-2H3/t21-,26+,27-,28+,29+/m0/s1. The molecule has 0 spiro atoms. The zero-order valence-corrected chi connectivity index (χ0v) is 22.4. The van der Waals surface area contributed by atoms with Crippen LogP contribution in [0.5, 0.6) is 5.75 Å². The zero-order valence-electron chi connectivity index (χ0n) is 20.2. The second kappa shape index (κ2) is 13.4. The minimum Gasteiger partial charge on any atom is -0.497 e. The highest BCUT2D eigenvalue weighted by molar-refractivity contribution is 14.1. The van der Waals surface area contributed by atoms with E-state index in [9.17, 15) is 0 Å². The van der Waals surface area contributed by atoms with Crippen LogP contribution < -0.4 is 4.74 Å². The Morgan fingerprint density at radius 3 is 1.66 bits per heavy atom. The Morgan fingerprint density at radius 1 is 0.657 bits per heavy atom. The fourth-order valence-electron chi connectivity index (χ4n) is 4.29. The summed E-state index contributed by atoms with van der Waals surface area (Å²) in [5.41, 5.74) is 3.31. The van der Waals surface area contributed by atoms with Crippen molar-refractivity contribution < 1.29 is 23.7 Å². The van der Waals surface area contributed by atoms with Crippen LogP contribution in [0.1, 0.15) is 23.6 Å². The molecular weight excluding hydrogens is 555 g/mol. The van der Waals surface area contributed by atoms with E-state index in [-0.39, 0.29) is 30.5 Å². The molecule has 1 aliphatic rings. The Kier molecular flexibility index (Phi) is 9.97. The van der Waals surface area contributed by atoms with Crippen molar-refractivity contribution in [1.29, 1.82) is 0 Å². The van der Waals surface area contributed by atoms with Gasteiger partial charge in [-0.2, -0.15) is 0 Å². The lowest BCUT2D eigenvalue weighted by molar-refractivity contribution is -0.256. The van der Waals surface area contributed by atoms with Gasteiger partial charge in [0, 0.05) is 4.43 Å². The van der Waals surface area contributed by atoms with E-state index >= 15 is 0 Å². The smallest absolute Gasteiger partial charge is 0.118 e. The maximum absolute atomic E-state index is 6.56. The van der Waals surface area contributed by atoms with Gasteiger partial charge >= 0.3 is 0 Å². The topological polar surface area (TPSA) is 46.2 Å². The molecule has 1 aliphatic heterocycles. The van der Waals surface area contributed by atoms with Gasteiger partial charge in [-0.3, -0.25) is 0 Å². The van der Waals surface area contributed by atoms with Gasteiger partial charge in [-0.15, -0.1) is 0 Å². The fraction of sp³-hybridized carbons (Fsp3) is 0.379. The van der Waals surface area contributed by atoms with E-state index in [0.29, 0.717) is 19.8 Å². The van der Waals surface area contributed by atoms with Gasteiger partial charge in [0.25, 0.3) is 0 Å². The summed E-state index contributed by atoms with van der Waals surface area (Å²) in [5.74, 6) is 0.826. The molecule has 5 nitrogen and oxygen atoms in total. The van der Waals surface area contributed by atoms with Gasteiger partial charge in [0.05, 0.1) is 39.1 Å². The maximum Gasteiger partial charge on any atom is 0.118 e. The quantitative estimate of drug-likeness (QED) is 0.204. The summed E-state index contributed by atoms with van der Waals surface area (Å²) in [4.78, 5) is 0. The first-order chi connectivity index (χ1) is 17.2. The molecule has 3 aromatic rings. The Bertz CT molecular complexity index is 999.